The smallest absolute Gasteiger partial charge is 0.264 e. The van der Waals surface area contributed by atoms with Crippen molar-refractivity contribution in [3.05, 3.63) is 40.4 Å². The van der Waals surface area contributed by atoms with Gasteiger partial charge in [-0.2, -0.15) is 10.1 Å². The maximum Gasteiger partial charge on any atom is 0.331 e. The molecule has 0 spiro atoms. The molecule has 0 bridgehead atoms. The van der Waals surface area contributed by atoms with Gasteiger partial charge in [-0.25, -0.2) is 0 Å². The topological polar surface area (TPSA) is 75.8 Å². The predicted molar refractivity (Wildman–Crippen MR) is 57.8 cm³/mol. The van der Waals surface area contributed by atoms with Gasteiger partial charge in [-0.1, -0.05) is 18.2 Å². The van der Waals surface area contributed by atoms with Crippen molar-refractivity contribution in [2.24, 2.45) is 5.10 Å². The molecule has 0 aliphatic carbocycles. The summed E-state index contributed by atoms with van der Waals surface area (Å²) in [6.07, 6.45) is 0. The fourth-order valence-corrected chi connectivity index (χ4v) is 1.55. The minimum atomic E-state index is -1.35. The summed E-state index contributed by atoms with van der Waals surface area (Å²) >= 11 is 0. The molecule has 6 nitrogen and oxygen atoms in total. The molecule has 6 heteroatoms. The van der Waals surface area contributed by atoms with Gasteiger partial charge >= 0.3 is 11.9 Å². The lowest BCUT2D eigenvalue weighted by Crippen LogP contribution is -2.37. The van der Waals surface area contributed by atoms with Crippen LogP contribution in [0.4, 0.5) is 5.69 Å². The van der Waals surface area contributed by atoms with E-state index in [0.717, 1.165) is 5.01 Å². The minimum absolute atomic E-state index is 0.207. The minimum Gasteiger partial charge on any atom is -0.264 e. The molecule has 0 saturated carbocycles. The molecule has 0 saturated heterocycles. The van der Waals surface area contributed by atoms with E-state index in [0.29, 0.717) is 5.69 Å². The number of hydrazone groups is 1. The molecule has 1 aliphatic heterocycles. The number of benzene rings is 1. The Kier molecular flexibility index (Phi) is 2.40. The van der Waals surface area contributed by atoms with Gasteiger partial charge in [0.25, 0.3) is 0 Å². The molecule has 2 rings (SSSR count). The van der Waals surface area contributed by atoms with Gasteiger partial charge in [0, 0.05) is 4.92 Å². The van der Waals surface area contributed by atoms with Crippen molar-refractivity contribution >= 4 is 17.3 Å². The molecule has 0 aromatic heterocycles. The zero-order chi connectivity index (χ0) is 11.7. The standard InChI is InChI=1S/C10H9N3O3/c1-7-9(13(15)16)10(14)12(11-7)8-5-3-2-4-6-8/h2-6,9H,1H3/t9-/m1/s1. The zero-order valence-corrected chi connectivity index (χ0v) is 8.53. The Bertz CT molecular complexity index is 469. The summed E-state index contributed by atoms with van der Waals surface area (Å²) in [7, 11) is 0. The van der Waals surface area contributed by atoms with Gasteiger partial charge in [0.15, 0.2) is 0 Å². The first-order valence-corrected chi connectivity index (χ1v) is 4.69. The number of hydrogen-bond acceptors (Lipinski definition) is 4. The highest BCUT2D eigenvalue weighted by Gasteiger charge is 2.43. The van der Waals surface area contributed by atoms with Crippen LogP contribution in [0.3, 0.4) is 0 Å². The monoisotopic (exact) mass is 219 g/mol. The molecule has 1 aromatic rings. The van der Waals surface area contributed by atoms with Crippen LogP contribution in [0.2, 0.25) is 0 Å². The quantitative estimate of drug-likeness (QED) is 0.551. The van der Waals surface area contributed by atoms with Gasteiger partial charge in [-0.3, -0.25) is 14.9 Å². The molecular formula is C10H9N3O3. The maximum atomic E-state index is 11.7. The molecule has 0 fully saturated rings. The third-order valence-electron chi connectivity index (χ3n) is 2.31. The fourth-order valence-electron chi connectivity index (χ4n) is 1.55. The highest BCUT2D eigenvalue weighted by molar-refractivity contribution is 6.16. The normalized spacial score (nSPS) is 19.8. The molecule has 16 heavy (non-hydrogen) atoms. The van der Waals surface area contributed by atoms with Crippen LogP contribution >= 0.6 is 0 Å². The molecule has 1 aliphatic rings. The lowest BCUT2D eigenvalue weighted by Gasteiger charge is -2.10. The SMILES string of the molecule is CC1=NN(c2ccccc2)C(=O)[C@@H]1[N+](=O)[O-]. The lowest BCUT2D eigenvalue weighted by molar-refractivity contribution is -0.488. The second kappa shape index (κ2) is 3.73. The summed E-state index contributed by atoms with van der Waals surface area (Å²) < 4.78 is 0. The Morgan fingerprint density at radius 2 is 2.00 bits per heavy atom. The van der Waals surface area contributed by atoms with Gasteiger partial charge in [0.05, 0.1) is 5.69 Å². The van der Waals surface area contributed by atoms with E-state index in [4.69, 9.17) is 0 Å². The third kappa shape index (κ3) is 1.54. The van der Waals surface area contributed by atoms with Crippen LogP contribution in [0.1, 0.15) is 6.92 Å². The molecule has 0 N–H and O–H groups in total. The van der Waals surface area contributed by atoms with E-state index in [1.54, 1.807) is 30.3 Å². The first-order valence-electron chi connectivity index (χ1n) is 4.69. The van der Waals surface area contributed by atoms with Crippen molar-refractivity contribution in [3.8, 4) is 0 Å². The average molecular weight is 219 g/mol. The summed E-state index contributed by atoms with van der Waals surface area (Å²) in [5.41, 5.74) is 0.745. The van der Waals surface area contributed by atoms with Crippen molar-refractivity contribution < 1.29 is 9.72 Å². The molecule has 1 heterocycles. The van der Waals surface area contributed by atoms with E-state index in [9.17, 15) is 14.9 Å². The number of anilines is 1. The van der Waals surface area contributed by atoms with Crippen molar-refractivity contribution in [3.63, 3.8) is 0 Å². The van der Waals surface area contributed by atoms with Crippen LogP contribution < -0.4 is 5.01 Å². The van der Waals surface area contributed by atoms with Crippen LogP contribution in [0, 0.1) is 10.1 Å². The lowest BCUT2D eigenvalue weighted by atomic mass is 10.2. The van der Waals surface area contributed by atoms with Gasteiger partial charge in [0.1, 0.15) is 5.71 Å². The number of carbonyl (C=O) groups excluding carboxylic acids is 1. The number of amides is 1. The molecule has 1 amide bonds. The van der Waals surface area contributed by atoms with Gasteiger partial charge < -0.3 is 0 Å². The van der Waals surface area contributed by atoms with Crippen molar-refractivity contribution in [1.82, 2.24) is 0 Å². The van der Waals surface area contributed by atoms with Crippen molar-refractivity contribution in [2.75, 3.05) is 5.01 Å². The Hall–Kier alpha value is -2.24. The largest absolute Gasteiger partial charge is 0.331 e. The van der Waals surface area contributed by atoms with Gasteiger partial charge in [-0.15, -0.1) is 0 Å². The van der Waals surface area contributed by atoms with E-state index < -0.39 is 16.9 Å². The highest BCUT2D eigenvalue weighted by Crippen LogP contribution is 2.21. The summed E-state index contributed by atoms with van der Waals surface area (Å²) in [6.45, 7) is 1.48. The fraction of sp³-hybridized carbons (Fsp3) is 0.200. The number of nitro groups is 1. The van der Waals surface area contributed by atoms with E-state index in [1.165, 1.54) is 6.92 Å². The Morgan fingerprint density at radius 1 is 1.38 bits per heavy atom. The number of nitrogens with zero attached hydrogens (tertiary/aromatic N) is 3. The number of carbonyl (C=O) groups is 1. The molecular weight excluding hydrogens is 210 g/mol. The second-order valence-corrected chi connectivity index (χ2v) is 3.41. The van der Waals surface area contributed by atoms with E-state index in [-0.39, 0.29) is 5.71 Å². The van der Waals surface area contributed by atoms with E-state index in [1.807, 2.05) is 0 Å². The molecule has 0 unspecified atom stereocenters. The molecule has 0 radical (unpaired) electrons. The van der Waals surface area contributed by atoms with E-state index >= 15 is 0 Å². The average Bonchev–Trinajstić information content (AvgIpc) is 2.55. The van der Waals surface area contributed by atoms with Crippen LogP contribution in [0.5, 0.6) is 0 Å². The molecule has 1 atom stereocenters. The number of rotatable bonds is 2. The Balaban J connectivity index is 2.35. The van der Waals surface area contributed by atoms with Gasteiger partial charge in [-0.05, 0) is 19.1 Å². The maximum absolute atomic E-state index is 11.7. The van der Waals surface area contributed by atoms with Crippen LogP contribution in [0.25, 0.3) is 0 Å². The number of para-hydroxylation sites is 1. The summed E-state index contributed by atoms with van der Waals surface area (Å²) in [5, 5.41) is 15.6. The van der Waals surface area contributed by atoms with Crippen molar-refractivity contribution in [2.45, 2.75) is 13.0 Å². The first-order chi connectivity index (χ1) is 7.61. The van der Waals surface area contributed by atoms with Crippen LogP contribution in [-0.2, 0) is 4.79 Å². The highest BCUT2D eigenvalue weighted by atomic mass is 16.6. The second-order valence-electron chi connectivity index (χ2n) is 3.41. The zero-order valence-electron chi connectivity index (χ0n) is 8.53. The predicted octanol–water partition coefficient (Wildman–Crippen LogP) is 1.05. The molecule has 1 aromatic carbocycles. The first kappa shape index (κ1) is 10.3. The Labute approximate surface area is 91.3 Å². The molecule has 82 valence electrons. The third-order valence-corrected chi connectivity index (χ3v) is 2.31. The summed E-state index contributed by atoms with van der Waals surface area (Å²) in [6, 6.07) is 7.29. The summed E-state index contributed by atoms with van der Waals surface area (Å²) in [5.74, 6) is -0.617. The van der Waals surface area contributed by atoms with E-state index in [2.05, 4.69) is 5.10 Å². The Morgan fingerprint density at radius 3 is 2.50 bits per heavy atom. The number of hydrogen-bond donors (Lipinski definition) is 0. The van der Waals surface area contributed by atoms with Crippen molar-refractivity contribution in [1.29, 1.82) is 0 Å². The van der Waals surface area contributed by atoms with Crippen LogP contribution in [-0.4, -0.2) is 22.6 Å². The summed E-state index contributed by atoms with van der Waals surface area (Å²) in [4.78, 5) is 21.8. The van der Waals surface area contributed by atoms with Gasteiger partial charge in [0.2, 0.25) is 0 Å². The van der Waals surface area contributed by atoms with Crippen LogP contribution in [0.15, 0.2) is 35.4 Å².